The Labute approximate surface area is 163 Å². The largest absolute Gasteiger partial charge is 0.326 e. The number of nitrogens with one attached hydrogen (secondary N) is 1. The molecule has 1 saturated heterocycles. The first-order chi connectivity index (χ1) is 12.8. The predicted molar refractivity (Wildman–Crippen MR) is 112 cm³/mol. The molecule has 1 atom stereocenters. The molecule has 1 aliphatic heterocycles. The SMILES string of the molecule is Cc1ccc(NC(=O)C[C@H]2SC(=Nc3ccc(C)c(C)c3)N(C)C2=O)cc1. The lowest BCUT2D eigenvalue weighted by Gasteiger charge is -2.09. The fourth-order valence-corrected chi connectivity index (χ4v) is 3.87. The molecule has 6 heteroatoms. The molecular formula is C21H23N3O2S. The number of aliphatic imine (C=N–C) groups is 1. The van der Waals surface area contributed by atoms with Crippen LogP contribution >= 0.6 is 11.8 Å². The minimum Gasteiger partial charge on any atom is -0.326 e. The fourth-order valence-electron chi connectivity index (χ4n) is 2.72. The van der Waals surface area contributed by atoms with Crippen LogP contribution in [0.4, 0.5) is 11.4 Å². The average molecular weight is 382 g/mol. The molecule has 27 heavy (non-hydrogen) atoms. The van der Waals surface area contributed by atoms with Crippen LogP contribution in [0.5, 0.6) is 0 Å². The summed E-state index contributed by atoms with van der Waals surface area (Å²) in [6.07, 6.45) is 0.119. The number of carbonyl (C=O) groups is 2. The highest BCUT2D eigenvalue weighted by atomic mass is 32.2. The number of hydrogen-bond donors (Lipinski definition) is 1. The zero-order valence-electron chi connectivity index (χ0n) is 15.9. The van der Waals surface area contributed by atoms with E-state index < -0.39 is 5.25 Å². The van der Waals surface area contributed by atoms with Crippen molar-refractivity contribution in [1.29, 1.82) is 0 Å². The Morgan fingerprint density at radius 1 is 1.11 bits per heavy atom. The van der Waals surface area contributed by atoms with Crippen LogP contribution in [-0.4, -0.2) is 34.2 Å². The monoisotopic (exact) mass is 381 g/mol. The van der Waals surface area contributed by atoms with Crippen LogP contribution in [0.1, 0.15) is 23.1 Å². The standard InChI is InChI=1S/C21H23N3O2S/c1-13-5-8-16(9-6-13)22-19(25)12-18-20(26)24(4)21(27-18)23-17-10-7-14(2)15(3)11-17/h5-11,18H,12H2,1-4H3,(H,22,25)/t18-/m1/s1. The molecule has 1 heterocycles. The Morgan fingerprint density at radius 2 is 1.81 bits per heavy atom. The maximum Gasteiger partial charge on any atom is 0.242 e. The molecule has 0 bridgehead atoms. The second-order valence-electron chi connectivity index (χ2n) is 6.79. The van der Waals surface area contributed by atoms with Gasteiger partial charge >= 0.3 is 0 Å². The highest BCUT2D eigenvalue weighted by Crippen LogP contribution is 2.31. The maximum atomic E-state index is 12.5. The lowest BCUT2D eigenvalue weighted by molar-refractivity contribution is -0.127. The van der Waals surface area contributed by atoms with Crippen molar-refractivity contribution in [2.24, 2.45) is 4.99 Å². The predicted octanol–water partition coefficient (Wildman–Crippen LogP) is 4.20. The highest BCUT2D eigenvalue weighted by molar-refractivity contribution is 8.15. The van der Waals surface area contributed by atoms with Gasteiger partial charge in [0, 0.05) is 19.2 Å². The van der Waals surface area contributed by atoms with E-state index in [1.54, 1.807) is 7.05 Å². The summed E-state index contributed by atoms with van der Waals surface area (Å²) < 4.78 is 0. The summed E-state index contributed by atoms with van der Waals surface area (Å²) in [5, 5.41) is 3.02. The van der Waals surface area contributed by atoms with Crippen molar-refractivity contribution in [2.45, 2.75) is 32.4 Å². The Balaban J connectivity index is 1.67. The molecule has 0 aliphatic carbocycles. The van der Waals surface area contributed by atoms with E-state index in [4.69, 9.17) is 0 Å². The molecule has 5 nitrogen and oxygen atoms in total. The van der Waals surface area contributed by atoms with E-state index in [0.717, 1.165) is 22.5 Å². The molecule has 140 valence electrons. The topological polar surface area (TPSA) is 61.8 Å². The summed E-state index contributed by atoms with van der Waals surface area (Å²) in [5.74, 6) is -0.271. The smallest absolute Gasteiger partial charge is 0.242 e. The number of amidine groups is 1. The third kappa shape index (κ3) is 4.57. The van der Waals surface area contributed by atoms with Crippen LogP contribution in [-0.2, 0) is 9.59 Å². The molecule has 3 rings (SSSR count). The minimum absolute atomic E-state index is 0.0957. The van der Waals surface area contributed by atoms with Crippen molar-refractivity contribution < 1.29 is 9.59 Å². The molecular weight excluding hydrogens is 358 g/mol. The summed E-state index contributed by atoms with van der Waals surface area (Å²) in [5.41, 5.74) is 5.03. The molecule has 1 N–H and O–H groups in total. The molecule has 2 aromatic carbocycles. The van der Waals surface area contributed by atoms with Gasteiger partial charge in [-0.2, -0.15) is 0 Å². The van der Waals surface area contributed by atoms with E-state index in [9.17, 15) is 9.59 Å². The lowest BCUT2D eigenvalue weighted by Crippen LogP contribution is -2.30. The number of nitrogens with zero attached hydrogens (tertiary/aromatic N) is 2. The first kappa shape index (κ1) is 19.2. The van der Waals surface area contributed by atoms with Crippen molar-refractivity contribution in [3.05, 3.63) is 59.2 Å². The summed E-state index contributed by atoms with van der Waals surface area (Å²) in [4.78, 5) is 30.9. The van der Waals surface area contributed by atoms with Gasteiger partial charge in [-0.1, -0.05) is 35.5 Å². The van der Waals surface area contributed by atoms with Crippen LogP contribution in [0.15, 0.2) is 47.5 Å². The number of amides is 2. The fraction of sp³-hybridized carbons (Fsp3) is 0.286. The molecule has 0 saturated carbocycles. The van der Waals surface area contributed by atoms with Crippen LogP contribution < -0.4 is 5.32 Å². The van der Waals surface area contributed by atoms with Crippen LogP contribution in [0, 0.1) is 20.8 Å². The van der Waals surface area contributed by atoms with Gasteiger partial charge in [0.1, 0.15) is 5.25 Å². The van der Waals surface area contributed by atoms with Gasteiger partial charge < -0.3 is 5.32 Å². The number of hydrogen-bond acceptors (Lipinski definition) is 4. The van der Waals surface area contributed by atoms with Crippen molar-refractivity contribution >= 4 is 40.1 Å². The van der Waals surface area contributed by atoms with Crippen LogP contribution in [0.3, 0.4) is 0 Å². The normalized spacial score (nSPS) is 18.2. The third-order valence-electron chi connectivity index (χ3n) is 4.56. The Kier molecular flexibility index (Phi) is 5.65. The summed E-state index contributed by atoms with van der Waals surface area (Å²) in [6.45, 7) is 6.08. The van der Waals surface area contributed by atoms with Gasteiger partial charge in [0.05, 0.1) is 5.69 Å². The molecule has 0 aromatic heterocycles. The maximum absolute atomic E-state index is 12.5. The molecule has 0 spiro atoms. The zero-order valence-corrected chi connectivity index (χ0v) is 16.8. The number of aryl methyl sites for hydroxylation is 3. The van der Waals surface area contributed by atoms with E-state index in [1.807, 2.05) is 56.3 Å². The molecule has 0 radical (unpaired) electrons. The highest BCUT2D eigenvalue weighted by Gasteiger charge is 2.37. The number of benzene rings is 2. The summed E-state index contributed by atoms with van der Waals surface area (Å²) >= 11 is 1.34. The van der Waals surface area contributed by atoms with Gasteiger partial charge in [-0.05, 0) is 56.2 Å². The number of anilines is 1. The first-order valence-corrected chi connectivity index (χ1v) is 9.68. The Bertz CT molecular complexity index is 906. The molecule has 0 unspecified atom stereocenters. The lowest BCUT2D eigenvalue weighted by atomic mass is 10.1. The Morgan fingerprint density at radius 3 is 2.48 bits per heavy atom. The van der Waals surface area contributed by atoms with Gasteiger partial charge in [0.15, 0.2) is 5.17 Å². The third-order valence-corrected chi connectivity index (χ3v) is 5.79. The van der Waals surface area contributed by atoms with Crippen molar-refractivity contribution in [1.82, 2.24) is 4.90 Å². The quantitative estimate of drug-likeness (QED) is 0.863. The van der Waals surface area contributed by atoms with Crippen molar-refractivity contribution in [3.63, 3.8) is 0 Å². The second kappa shape index (κ2) is 7.96. The molecule has 2 aromatic rings. The number of rotatable bonds is 4. The minimum atomic E-state index is -0.453. The van der Waals surface area contributed by atoms with E-state index >= 15 is 0 Å². The number of carbonyl (C=O) groups excluding carboxylic acids is 2. The van der Waals surface area contributed by atoms with Crippen LogP contribution in [0.25, 0.3) is 0 Å². The van der Waals surface area contributed by atoms with Crippen molar-refractivity contribution in [3.8, 4) is 0 Å². The first-order valence-electron chi connectivity index (χ1n) is 8.80. The number of thioether (sulfide) groups is 1. The van der Waals surface area contributed by atoms with Gasteiger partial charge in [-0.25, -0.2) is 4.99 Å². The molecule has 1 fully saturated rings. The molecule has 2 amide bonds. The van der Waals surface area contributed by atoms with Gasteiger partial charge in [-0.3, -0.25) is 14.5 Å². The van der Waals surface area contributed by atoms with Gasteiger partial charge in [0.25, 0.3) is 0 Å². The Hall–Kier alpha value is -2.60. The zero-order chi connectivity index (χ0) is 19.6. The van der Waals surface area contributed by atoms with Gasteiger partial charge in [-0.15, -0.1) is 0 Å². The van der Waals surface area contributed by atoms with E-state index in [-0.39, 0.29) is 18.2 Å². The van der Waals surface area contributed by atoms with E-state index in [1.165, 1.54) is 22.2 Å². The summed E-state index contributed by atoms with van der Waals surface area (Å²) in [6, 6.07) is 13.5. The van der Waals surface area contributed by atoms with Crippen LogP contribution in [0.2, 0.25) is 0 Å². The molecule has 1 aliphatic rings. The van der Waals surface area contributed by atoms with Crippen molar-refractivity contribution in [2.75, 3.05) is 12.4 Å². The van der Waals surface area contributed by atoms with E-state index in [2.05, 4.69) is 17.2 Å². The second-order valence-corrected chi connectivity index (χ2v) is 7.95. The summed E-state index contributed by atoms with van der Waals surface area (Å²) in [7, 11) is 1.70. The average Bonchev–Trinajstić information content (AvgIpc) is 2.88. The van der Waals surface area contributed by atoms with Gasteiger partial charge in [0.2, 0.25) is 11.8 Å². The van der Waals surface area contributed by atoms with E-state index in [0.29, 0.717) is 5.17 Å².